The zero-order chi connectivity index (χ0) is 14.8. The molecule has 2 rings (SSSR count). The van der Waals surface area contributed by atoms with Crippen LogP contribution in [0.5, 0.6) is 0 Å². The van der Waals surface area contributed by atoms with E-state index in [1.54, 1.807) is 6.33 Å². The van der Waals surface area contributed by atoms with Gasteiger partial charge in [0.15, 0.2) is 0 Å². The summed E-state index contributed by atoms with van der Waals surface area (Å²) < 4.78 is 25.1. The van der Waals surface area contributed by atoms with Crippen LogP contribution in [0.1, 0.15) is 38.3 Å². The number of nitrogens with one attached hydrogen (secondary N) is 1. The standard InChI is InChI=1S/C13H22N4O2S/c1-10(2)12-8-13(15-9-14-12)17-6-4-11(5-7-17)16-20(3,18)19/h8-11,16H,4-7H2,1-3H3. The summed E-state index contributed by atoms with van der Waals surface area (Å²) in [5.41, 5.74) is 1.03. The molecule has 0 amide bonds. The second-order valence-corrected chi connectivity index (χ2v) is 7.39. The molecule has 0 aromatic carbocycles. The predicted molar refractivity (Wildman–Crippen MR) is 79.3 cm³/mol. The quantitative estimate of drug-likeness (QED) is 0.901. The van der Waals surface area contributed by atoms with E-state index in [1.807, 2.05) is 6.07 Å². The lowest BCUT2D eigenvalue weighted by atomic mass is 10.1. The number of anilines is 1. The average Bonchev–Trinajstić information content (AvgIpc) is 2.38. The largest absolute Gasteiger partial charge is 0.356 e. The third-order valence-electron chi connectivity index (χ3n) is 3.47. The van der Waals surface area contributed by atoms with Crippen LogP contribution in [-0.4, -0.2) is 43.8 Å². The highest BCUT2D eigenvalue weighted by molar-refractivity contribution is 7.88. The normalized spacial score (nSPS) is 17.7. The number of hydrogen-bond donors (Lipinski definition) is 1. The summed E-state index contributed by atoms with van der Waals surface area (Å²) in [7, 11) is -3.12. The molecule has 1 aromatic heterocycles. The SMILES string of the molecule is CC(C)c1cc(N2CCC(NS(C)(=O)=O)CC2)ncn1. The van der Waals surface area contributed by atoms with Gasteiger partial charge in [0.05, 0.1) is 6.26 Å². The second-order valence-electron chi connectivity index (χ2n) is 5.61. The van der Waals surface area contributed by atoms with Crippen LogP contribution in [0.2, 0.25) is 0 Å². The van der Waals surface area contributed by atoms with Gasteiger partial charge in [0.1, 0.15) is 12.1 Å². The van der Waals surface area contributed by atoms with E-state index in [0.717, 1.165) is 37.4 Å². The van der Waals surface area contributed by atoms with E-state index in [-0.39, 0.29) is 6.04 Å². The molecule has 0 saturated carbocycles. The average molecular weight is 298 g/mol. The number of piperidine rings is 1. The van der Waals surface area contributed by atoms with Crippen molar-refractivity contribution < 1.29 is 8.42 Å². The van der Waals surface area contributed by atoms with Gasteiger partial charge in [-0.3, -0.25) is 0 Å². The summed E-state index contributed by atoms with van der Waals surface area (Å²) >= 11 is 0. The van der Waals surface area contributed by atoms with Crippen molar-refractivity contribution in [2.45, 2.75) is 38.6 Å². The molecule has 6 nitrogen and oxygen atoms in total. The van der Waals surface area contributed by atoms with E-state index in [0.29, 0.717) is 5.92 Å². The van der Waals surface area contributed by atoms with Crippen LogP contribution in [0.4, 0.5) is 5.82 Å². The molecule has 0 spiro atoms. The Balaban J connectivity index is 1.98. The van der Waals surface area contributed by atoms with Crippen LogP contribution in [0.25, 0.3) is 0 Å². The monoisotopic (exact) mass is 298 g/mol. The van der Waals surface area contributed by atoms with Crippen LogP contribution in [0, 0.1) is 0 Å². The maximum Gasteiger partial charge on any atom is 0.208 e. The zero-order valence-corrected chi connectivity index (χ0v) is 13.0. The molecule has 0 unspecified atom stereocenters. The first kappa shape index (κ1) is 15.2. The minimum absolute atomic E-state index is 0.0349. The lowest BCUT2D eigenvalue weighted by molar-refractivity contribution is 0.459. The summed E-state index contributed by atoms with van der Waals surface area (Å²) in [5, 5.41) is 0. The maximum atomic E-state index is 11.2. The molecular weight excluding hydrogens is 276 g/mol. The molecule has 1 fully saturated rings. The van der Waals surface area contributed by atoms with Gasteiger partial charge >= 0.3 is 0 Å². The van der Waals surface area contributed by atoms with Crippen molar-refractivity contribution >= 4 is 15.8 Å². The fraction of sp³-hybridized carbons (Fsp3) is 0.692. The van der Waals surface area contributed by atoms with Crippen LogP contribution < -0.4 is 9.62 Å². The number of rotatable bonds is 4. The van der Waals surface area contributed by atoms with Crippen molar-refractivity contribution in [2.24, 2.45) is 0 Å². The first-order valence-electron chi connectivity index (χ1n) is 6.89. The van der Waals surface area contributed by atoms with E-state index in [1.165, 1.54) is 6.26 Å². The minimum Gasteiger partial charge on any atom is -0.356 e. The number of nitrogens with zero attached hydrogens (tertiary/aromatic N) is 3. The van der Waals surface area contributed by atoms with Crippen LogP contribution in [-0.2, 0) is 10.0 Å². The third-order valence-corrected chi connectivity index (χ3v) is 4.23. The van der Waals surface area contributed by atoms with Gasteiger partial charge in [0, 0.05) is 30.9 Å². The summed E-state index contributed by atoms with van der Waals surface area (Å²) in [6.07, 6.45) is 4.41. The van der Waals surface area contributed by atoms with Gasteiger partial charge in [0.2, 0.25) is 10.0 Å². The molecule has 2 heterocycles. The van der Waals surface area contributed by atoms with Crippen molar-refractivity contribution in [1.29, 1.82) is 0 Å². The van der Waals surface area contributed by atoms with E-state index in [9.17, 15) is 8.42 Å². The molecule has 112 valence electrons. The Bertz CT molecular complexity index is 551. The van der Waals surface area contributed by atoms with Gasteiger partial charge < -0.3 is 4.90 Å². The molecule has 1 saturated heterocycles. The van der Waals surface area contributed by atoms with E-state index in [2.05, 4.69) is 33.4 Å². The molecule has 0 bridgehead atoms. The molecule has 1 aromatic rings. The Morgan fingerprint density at radius 3 is 2.50 bits per heavy atom. The zero-order valence-electron chi connectivity index (χ0n) is 12.2. The van der Waals surface area contributed by atoms with Gasteiger partial charge in [-0.2, -0.15) is 0 Å². The van der Waals surface area contributed by atoms with Crippen LogP contribution in [0.3, 0.4) is 0 Å². The van der Waals surface area contributed by atoms with Crippen molar-refractivity contribution in [3.63, 3.8) is 0 Å². The Hall–Kier alpha value is -1.21. The van der Waals surface area contributed by atoms with Gasteiger partial charge in [0.25, 0.3) is 0 Å². The molecule has 0 atom stereocenters. The number of hydrogen-bond acceptors (Lipinski definition) is 5. The maximum absolute atomic E-state index is 11.2. The third kappa shape index (κ3) is 4.14. The Kier molecular flexibility index (Phi) is 4.59. The first-order chi connectivity index (χ1) is 9.35. The van der Waals surface area contributed by atoms with E-state index < -0.39 is 10.0 Å². The van der Waals surface area contributed by atoms with E-state index >= 15 is 0 Å². The molecular formula is C13H22N4O2S. The summed E-state index contributed by atoms with van der Waals surface area (Å²) in [5.74, 6) is 1.31. The lowest BCUT2D eigenvalue weighted by Crippen LogP contribution is -2.44. The summed E-state index contributed by atoms with van der Waals surface area (Å²) in [6, 6.07) is 2.06. The molecule has 20 heavy (non-hydrogen) atoms. The smallest absolute Gasteiger partial charge is 0.208 e. The molecule has 0 aliphatic carbocycles. The molecule has 1 aliphatic heterocycles. The van der Waals surface area contributed by atoms with Gasteiger partial charge in [-0.05, 0) is 18.8 Å². The van der Waals surface area contributed by atoms with Gasteiger partial charge in [-0.15, -0.1) is 0 Å². The van der Waals surface area contributed by atoms with Crippen LogP contribution >= 0.6 is 0 Å². The van der Waals surface area contributed by atoms with Crippen molar-refractivity contribution in [2.75, 3.05) is 24.2 Å². The topological polar surface area (TPSA) is 75.2 Å². The first-order valence-corrected chi connectivity index (χ1v) is 8.78. The highest BCUT2D eigenvalue weighted by Gasteiger charge is 2.22. The minimum atomic E-state index is -3.12. The molecule has 1 aliphatic rings. The second kappa shape index (κ2) is 6.05. The predicted octanol–water partition coefficient (Wildman–Crippen LogP) is 1.12. The van der Waals surface area contributed by atoms with Gasteiger partial charge in [-0.25, -0.2) is 23.1 Å². The lowest BCUT2D eigenvalue weighted by Gasteiger charge is -2.32. The van der Waals surface area contributed by atoms with Crippen molar-refractivity contribution in [3.8, 4) is 0 Å². The van der Waals surface area contributed by atoms with E-state index in [4.69, 9.17) is 0 Å². The van der Waals surface area contributed by atoms with Crippen molar-refractivity contribution in [3.05, 3.63) is 18.1 Å². The van der Waals surface area contributed by atoms with Crippen LogP contribution in [0.15, 0.2) is 12.4 Å². The fourth-order valence-electron chi connectivity index (χ4n) is 2.38. The molecule has 0 radical (unpaired) electrons. The molecule has 1 N–H and O–H groups in total. The fourth-order valence-corrected chi connectivity index (χ4v) is 3.22. The highest BCUT2D eigenvalue weighted by Crippen LogP contribution is 2.21. The number of sulfonamides is 1. The summed E-state index contributed by atoms with van der Waals surface area (Å²) in [6.45, 7) is 5.83. The van der Waals surface area contributed by atoms with Gasteiger partial charge in [-0.1, -0.05) is 13.8 Å². The number of aromatic nitrogens is 2. The van der Waals surface area contributed by atoms with Crippen molar-refractivity contribution in [1.82, 2.24) is 14.7 Å². The Labute approximate surface area is 120 Å². The Morgan fingerprint density at radius 1 is 1.30 bits per heavy atom. The molecule has 7 heteroatoms. The summed E-state index contributed by atoms with van der Waals surface area (Å²) in [4.78, 5) is 10.8. The Morgan fingerprint density at radius 2 is 1.95 bits per heavy atom. The highest BCUT2D eigenvalue weighted by atomic mass is 32.2.